The van der Waals surface area contributed by atoms with Gasteiger partial charge in [-0.15, -0.1) is 0 Å². The Labute approximate surface area is 96.0 Å². The third kappa shape index (κ3) is 8.88. The van der Waals surface area contributed by atoms with Crippen molar-refractivity contribution in [2.24, 2.45) is 11.8 Å². The molecule has 92 valence electrons. The fourth-order valence-corrected chi connectivity index (χ4v) is 2.18. The molecule has 0 bridgehead atoms. The van der Waals surface area contributed by atoms with Crippen LogP contribution in [0.4, 0.5) is 0 Å². The van der Waals surface area contributed by atoms with Crippen LogP contribution in [0.1, 0.15) is 72.1 Å². The molecular formula is C13H30N2. The molecule has 2 nitrogen and oxygen atoms in total. The Kier molecular flexibility index (Phi) is 10.4. The van der Waals surface area contributed by atoms with E-state index >= 15 is 0 Å². The van der Waals surface area contributed by atoms with Gasteiger partial charge in [0.05, 0.1) is 0 Å². The maximum absolute atomic E-state index is 5.58. The first-order valence-corrected chi connectivity index (χ1v) is 6.70. The van der Waals surface area contributed by atoms with E-state index in [1.165, 1.54) is 51.4 Å². The standard InChI is InChI=1S/C13H30N2/c1-4-6-7-8-10-13(15-14)11-12(3)9-5-2/h12-13,15H,4-11,14H2,1-3H3. The minimum absolute atomic E-state index is 0.531. The van der Waals surface area contributed by atoms with Crippen molar-refractivity contribution < 1.29 is 0 Å². The van der Waals surface area contributed by atoms with Crippen molar-refractivity contribution in [3.05, 3.63) is 0 Å². The largest absolute Gasteiger partial charge is 0.271 e. The van der Waals surface area contributed by atoms with Crippen molar-refractivity contribution >= 4 is 0 Å². The van der Waals surface area contributed by atoms with Crippen LogP contribution in [0, 0.1) is 5.92 Å². The van der Waals surface area contributed by atoms with Crippen LogP contribution < -0.4 is 11.3 Å². The van der Waals surface area contributed by atoms with Crippen molar-refractivity contribution in [2.45, 2.75) is 78.2 Å². The number of hydrogen-bond acceptors (Lipinski definition) is 2. The van der Waals surface area contributed by atoms with Crippen LogP contribution in [0.15, 0.2) is 0 Å². The van der Waals surface area contributed by atoms with Gasteiger partial charge >= 0.3 is 0 Å². The van der Waals surface area contributed by atoms with E-state index in [-0.39, 0.29) is 0 Å². The van der Waals surface area contributed by atoms with E-state index in [4.69, 9.17) is 5.84 Å². The third-order valence-corrected chi connectivity index (χ3v) is 3.11. The fraction of sp³-hybridized carbons (Fsp3) is 1.00. The zero-order valence-electron chi connectivity index (χ0n) is 10.9. The molecule has 2 heteroatoms. The summed E-state index contributed by atoms with van der Waals surface area (Å²) in [6.07, 6.45) is 10.4. The lowest BCUT2D eigenvalue weighted by molar-refractivity contribution is 0.362. The maximum atomic E-state index is 5.58. The van der Waals surface area contributed by atoms with Crippen LogP contribution in [0.2, 0.25) is 0 Å². The van der Waals surface area contributed by atoms with Crippen molar-refractivity contribution in [1.29, 1.82) is 0 Å². The molecular weight excluding hydrogens is 184 g/mol. The molecule has 0 fully saturated rings. The smallest absolute Gasteiger partial charge is 0.0213 e. The van der Waals surface area contributed by atoms with Crippen LogP contribution >= 0.6 is 0 Å². The number of nitrogens with one attached hydrogen (secondary N) is 1. The lowest BCUT2D eigenvalue weighted by Crippen LogP contribution is -2.36. The van der Waals surface area contributed by atoms with Gasteiger partial charge in [-0.1, -0.05) is 59.3 Å². The molecule has 0 aliphatic rings. The van der Waals surface area contributed by atoms with E-state index in [2.05, 4.69) is 26.2 Å². The number of hydrazine groups is 1. The molecule has 3 N–H and O–H groups in total. The minimum atomic E-state index is 0.531. The minimum Gasteiger partial charge on any atom is -0.271 e. The highest BCUT2D eigenvalue weighted by atomic mass is 15.2. The molecule has 0 aliphatic carbocycles. The van der Waals surface area contributed by atoms with Gasteiger partial charge in [-0.05, 0) is 18.8 Å². The second kappa shape index (κ2) is 10.4. The first kappa shape index (κ1) is 14.9. The van der Waals surface area contributed by atoms with E-state index in [1.807, 2.05) is 0 Å². The lowest BCUT2D eigenvalue weighted by Gasteiger charge is -2.19. The summed E-state index contributed by atoms with van der Waals surface area (Å²) in [5.74, 6) is 6.39. The van der Waals surface area contributed by atoms with Crippen molar-refractivity contribution in [3.63, 3.8) is 0 Å². The molecule has 0 aromatic rings. The second-order valence-corrected chi connectivity index (χ2v) is 4.84. The van der Waals surface area contributed by atoms with Crippen LogP contribution in [0.3, 0.4) is 0 Å². The Balaban J connectivity index is 3.53. The summed E-state index contributed by atoms with van der Waals surface area (Å²) in [5, 5.41) is 0. The van der Waals surface area contributed by atoms with Gasteiger partial charge in [-0.3, -0.25) is 11.3 Å². The predicted molar refractivity (Wildman–Crippen MR) is 68.6 cm³/mol. The van der Waals surface area contributed by atoms with Crippen molar-refractivity contribution in [3.8, 4) is 0 Å². The summed E-state index contributed by atoms with van der Waals surface area (Å²) in [5.41, 5.74) is 2.97. The average Bonchev–Trinajstić information content (AvgIpc) is 2.23. The summed E-state index contributed by atoms with van der Waals surface area (Å²) in [6, 6.07) is 0.531. The highest BCUT2D eigenvalue weighted by Gasteiger charge is 2.10. The highest BCUT2D eigenvalue weighted by molar-refractivity contribution is 4.67. The Hall–Kier alpha value is -0.0800. The molecule has 0 saturated carbocycles. The summed E-state index contributed by atoms with van der Waals surface area (Å²) in [6.45, 7) is 6.84. The molecule has 0 aliphatic heterocycles. The number of hydrogen-bond donors (Lipinski definition) is 2. The van der Waals surface area contributed by atoms with Gasteiger partial charge in [0, 0.05) is 6.04 Å². The zero-order chi connectivity index (χ0) is 11.5. The topological polar surface area (TPSA) is 38.0 Å². The Morgan fingerprint density at radius 1 is 1.00 bits per heavy atom. The monoisotopic (exact) mass is 214 g/mol. The van der Waals surface area contributed by atoms with Crippen LogP contribution in [0.5, 0.6) is 0 Å². The molecule has 15 heavy (non-hydrogen) atoms. The molecule has 0 rings (SSSR count). The van der Waals surface area contributed by atoms with Gasteiger partial charge in [0.2, 0.25) is 0 Å². The Morgan fingerprint density at radius 3 is 2.27 bits per heavy atom. The molecule has 0 aromatic heterocycles. The van der Waals surface area contributed by atoms with Crippen molar-refractivity contribution in [2.75, 3.05) is 0 Å². The molecule has 2 unspecified atom stereocenters. The van der Waals surface area contributed by atoms with Gasteiger partial charge in [0.25, 0.3) is 0 Å². The Morgan fingerprint density at radius 2 is 1.73 bits per heavy atom. The number of nitrogens with two attached hydrogens (primary N) is 1. The SMILES string of the molecule is CCCCCCC(CC(C)CCC)NN. The molecule has 0 heterocycles. The van der Waals surface area contributed by atoms with E-state index < -0.39 is 0 Å². The average molecular weight is 214 g/mol. The molecule has 2 atom stereocenters. The Bertz CT molecular complexity index is 126. The zero-order valence-corrected chi connectivity index (χ0v) is 10.9. The van der Waals surface area contributed by atoms with Gasteiger partial charge in [0.15, 0.2) is 0 Å². The highest BCUT2D eigenvalue weighted by Crippen LogP contribution is 2.16. The summed E-state index contributed by atoms with van der Waals surface area (Å²) in [4.78, 5) is 0. The van der Waals surface area contributed by atoms with Crippen LogP contribution in [-0.4, -0.2) is 6.04 Å². The molecule has 0 radical (unpaired) electrons. The van der Waals surface area contributed by atoms with E-state index in [0.29, 0.717) is 6.04 Å². The van der Waals surface area contributed by atoms with E-state index in [0.717, 1.165) is 5.92 Å². The van der Waals surface area contributed by atoms with Crippen LogP contribution in [-0.2, 0) is 0 Å². The molecule has 0 saturated heterocycles. The van der Waals surface area contributed by atoms with Crippen molar-refractivity contribution in [1.82, 2.24) is 5.43 Å². The normalized spacial score (nSPS) is 15.2. The summed E-state index contributed by atoms with van der Waals surface area (Å²) >= 11 is 0. The first-order chi connectivity index (χ1) is 7.24. The van der Waals surface area contributed by atoms with Gasteiger partial charge in [-0.2, -0.15) is 0 Å². The quantitative estimate of drug-likeness (QED) is 0.331. The predicted octanol–water partition coefficient (Wildman–Crippen LogP) is 3.62. The van der Waals surface area contributed by atoms with Gasteiger partial charge in [0.1, 0.15) is 0 Å². The second-order valence-electron chi connectivity index (χ2n) is 4.84. The fourth-order valence-electron chi connectivity index (χ4n) is 2.18. The first-order valence-electron chi connectivity index (χ1n) is 6.70. The van der Waals surface area contributed by atoms with E-state index in [9.17, 15) is 0 Å². The molecule has 0 aromatic carbocycles. The van der Waals surface area contributed by atoms with E-state index in [1.54, 1.807) is 0 Å². The lowest BCUT2D eigenvalue weighted by atomic mass is 9.94. The molecule has 0 amide bonds. The summed E-state index contributed by atoms with van der Waals surface area (Å²) in [7, 11) is 0. The number of unbranched alkanes of at least 4 members (excludes halogenated alkanes) is 3. The van der Waals surface area contributed by atoms with Crippen LogP contribution in [0.25, 0.3) is 0 Å². The van der Waals surface area contributed by atoms with Gasteiger partial charge < -0.3 is 0 Å². The maximum Gasteiger partial charge on any atom is 0.0213 e. The summed E-state index contributed by atoms with van der Waals surface area (Å²) < 4.78 is 0. The molecule has 0 spiro atoms. The van der Waals surface area contributed by atoms with Gasteiger partial charge in [-0.25, -0.2) is 0 Å². The third-order valence-electron chi connectivity index (χ3n) is 3.11. The number of rotatable bonds is 10.